The predicted octanol–water partition coefficient (Wildman–Crippen LogP) is 4.55. The quantitative estimate of drug-likeness (QED) is 0.345. The highest BCUT2D eigenvalue weighted by atomic mass is 32.2. The fourth-order valence-electron chi connectivity index (χ4n) is 8.93. The Morgan fingerprint density at radius 1 is 0.932 bits per heavy atom. The number of piperazine rings is 1. The molecule has 0 radical (unpaired) electrons. The average molecular weight is 618 g/mol. The van der Waals surface area contributed by atoms with E-state index < -0.39 is 0 Å². The number of pyridine rings is 1. The Bertz CT molecular complexity index is 1380. The molecule has 0 spiro atoms. The molecule has 2 N–H and O–H groups in total. The van der Waals surface area contributed by atoms with Gasteiger partial charge in [-0.2, -0.15) is 0 Å². The molecule has 9 rings (SSSR count). The van der Waals surface area contributed by atoms with Crippen molar-refractivity contribution in [2.45, 2.75) is 56.2 Å². The van der Waals surface area contributed by atoms with Crippen molar-refractivity contribution in [3.8, 4) is 0 Å². The van der Waals surface area contributed by atoms with E-state index in [2.05, 4.69) is 55.0 Å². The third-order valence-corrected chi connectivity index (χ3v) is 12.4. The summed E-state index contributed by atoms with van der Waals surface area (Å²) in [7, 11) is 1.50. The summed E-state index contributed by atoms with van der Waals surface area (Å²) >= 11 is 2.05. The zero-order chi connectivity index (χ0) is 29.8. The van der Waals surface area contributed by atoms with Gasteiger partial charge in [-0.3, -0.25) is 14.5 Å². The lowest BCUT2D eigenvalue weighted by atomic mass is 9.47. The maximum atomic E-state index is 13.9. The van der Waals surface area contributed by atoms with Crippen LogP contribution in [0.5, 0.6) is 0 Å². The van der Waals surface area contributed by atoms with Crippen LogP contribution in [0.3, 0.4) is 0 Å². The third-order valence-electron chi connectivity index (χ3n) is 10.9. The molecule has 234 valence electrons. The van der Waals surface area contributed by atoms with Crippen LogP contribution in [-0.4, -0.2) is 78.9 Å². The van der Waals surface area contributed by atoms with Crippen molar-refractivity contribution < 1.29 is 14.4 Å². The van der Waals surface area contributed by atoms with Crippen LogP contribution in [0.4, 0.5) is 27.7 Å². The van der Waals surface area contributed by atoms with Crippen molar-refractivity contribution in [1.29, 1.82) is 0 Å². The fraction of sp³-hybridized carbons (Fsp3) is 0.606. The van der Waals surface area contributed by atoms with Crippen molar-refractivity contribution in [2.75, 3.05) is 61.1 Å². The Balaban J connectivity index is 0.938. The van der Waals surface area contributed by atoms with E-state index >= 15 is 0 Å². The first-order valence-corrected chi connectivity index (χ1v) is 17.2. The van der Waals surface area contributed by atoms with E-state index in [4.69, 9.17) is 9.82 Å². The van der Waals surface area contributed by atoms with Crippen LogP contribution in [-0.2, 0) is 9.63 Å². The lowest BCUT2D eigenvalue weighted by Gasteiger charge is -2.59. The number of carbonyl (C=O) groups excluding carboxylic acids is 2. The van der Waals surface area contributed by atoms with Gasteiger partial charge in [-0.25, -0.2) is 19.6 Å². The number of urea groups is 1. The number of hydrogen-bond acceptors (Lipinski definition) is 8. The average Bonchev–Trinajstić information content (AvgIpc) is 3.86. The summed E-state index contributed by atoms with van der Waals surface area (Å²) < 4.78 is 2.53. The number of hydrogen-bond donors (Lipinski definition) is 2. The van der Waals surface area contributed by atoms with Crippen LogP contribution in [0.15, 0.2) is 42.6 Å². The van der Waals surface area contributed by atoms with Gasteiger partial charge >= 0.3 is 6.03 Å². The van der Waals surface area contributed by atoms with Crippen LogP contribution < -0.4 is 25.5 Å². The van der Waals surface area contributed by atoms with Crippen LogP contribution >= 0.6 is 11.9 Å². The molecular weight excluding hydrogens is 574 g/mol. The molecule has 5 aliphatic carbocycles. The highest BCUT2D eigenvalue weighted by Gasteiger charge is 2.59. The van der Waals surface area contributed by atoms with Crippen molar-refractivity contribution in [2.24, 2.45) is 23.2 Å². The predicted molar refractivity (Wildman–Crippen MR) is 173 cm³/mol. The zero-order valence-corrected chi connectivity index (χ0v) is 26.3. The van der Waals surface area contributed by atoms with E-state index in [9.17, 15) is 9.59 Å². The van der Waals surface area contributed by atoms with E-state index in [0.717, 1.165) is 80.7 Å². The van der Waals surface area contributed by atoms with E-state index in [1.165, 1.54) is 25.6 Å². The standard InChI is InChI=1S/C33H43N7O3S/c1-43-36-31(41)33-18-22-16-23(19-33)30(24(17-22)20-33)35-32(42)40-15-14-39(27-4-2-3-5-28(27)40)29-9-6-25(21-34-29)37-10-12-38(13-11-37)44-26-7-8-26/h2-6,9,21-24,26,30H,7-8,10-20H2,1H3,(H,35,42)(H,36,41). The second-order valence-electron chi connectivity index (χ2n) is 13.7. The van der Waals surface area contributed by atoms with Crippen molar-refractivity contribution in [3.05, 3.63) is 42.6 Å². The summed E-state index contributed by atoms with van der Waals surface area (Å²) in [5.41, 5.74) is 5.35. The number of fused-ring (bicyclic) bond motifs is 1. The smallest absolute Gasteiger partial charge is 0.322 e. The Kier molecular flexibility index (Phi) is 7.38. The van der Waals surface area contributed by atoms with Gasteiger partial charge in [-0.1, -0.05) is 24.1 Å². The summed E-state index contributed by atoms with van der Waals surface area (Å²) in [5, 5.41) is 4.31. The fourth-order valence-corrected chi connectivity index (χ4v) is 10.1. The molecule has 2 aromatic rings. The molecule has 2 unspecified atom stereocenters. The van der Waals surface area contributed by atoms with Gasteiger partial charge in [-0.05, 0) is 87.0 Å². The molecule has 1 saturated heterocycles. The molecule has 3 heterocycles. The summed E-state index contributed by atoms with van der Waals surface area (Å²) in [6.45, 7) is 5.50. The molecule has 6 fully saturated rings. The Morgan fingerprint density at radius 2 is 1.68 bits per heavy atom. The van der Waals surface area contributed by atoms with Crippen LogP contribution in [0, 0.1) is 23.2 Å². The molecule has 2 atom stereocenters. The molecule has 4 bridgehead atoms. The minimum absolute atomic E-state index is 0.0152. The molecule has 11 heteroatoms. The number of carbonyl (C=O) groups is 2. The summed E-state index contributed by atoms with van der Waals surface area (Å²) in [6, 6.07) is 12.5. The molecule has 44 heavy (non-hydrogen) atoms. The minimum atomic E-state index is -0.349. The Hall–Kier alpha value is -3.02. The summed E-state index contributed by atoms with van der Waals surface area (Å²) in [5.74, 6) is 2.13. The molecule has 1 aromatic heterocycles. The number of hydroxylamine groups is 1. The van der Waals surface area contributed by atoms with Crippen molar-refractivity contribution in [1.82, 2.24) is 20.1 Å². The second kappa shape index (κ2) is 11.4. The largest absolute Gasteiger partial charge is 0.368 e. The van der Waals surface area contributed by atoms with Gasteiger partial charge in [0.1, 0.15) is 5.82 Å². The number of benzene rings is 1. The second-order valence-corrected chi connectivity index (χ2v) is 15.1. The first-order valence-electron chi connectivity index (χ1n) is 16.4. The Morgan fingerprint density at radius 3 is 2.36 bits per heavy atom. The number of aromatic nitrogens is 1. The minimum Gasteiger partial charge on any atom is -0.368 e. The molecular formula is C33H43N7O3S. The van der Waals surface area contributed by atoms with E-state index in [-0.39, 0.29) is 23.4 Å². The van der Waals surface area contributed by atoms with E-state index in [1.54, 1.807) is 0 Å². The molecule has 5 saturated carbocycles. The first-order chi connectivity index (χ1) is 21.5. The van der Waals surface area contributed by atoms with Gasteiger partial charge < -0.3 is 15.1 Å². The summed E-state index contributed by atoms with van der Waals surface area (Å²) in [6.07, 6.45) is 9.51. The first kappa shape index (κ1) is 28.5. The number of rotatable bonds is 7. The van der Waals surface area contributed by atoms with Crippen molar-refractivity contribution in [3.63, 3.8) is 0 Å². The van der Waals surface area contributed by atoms with E-state index in [0.29, 0.717) is 30.8 Å². The molecule has 7 aliphatic rings. The van der Waals surface area contributed by atoms with Gasteiger partial charge in [0.15, 0.2) is 0 Å². The van der Waals surface area contributed by atoms with Gasteiger partial charge in [0, 0.05) is 50.6 Å². The van der Waals surface area contributed by atoms with E-state index in [1.807, 2.05) is 29.3 Å². The molecule has 10 nitrogen and oxygen atoms in total. The van der Waals surface area contributed by atoms with Gasteiger partial charge in [-0.15, -0.1) is 0 Å². The van der Waals surface area contributed by atoms with Gasteiger partial charge in [0.2, 0.25) is 5.91 Å². The van der Waals surface area contributed by atoms with Crippen molar-refractivity contribution >= 4 is 46.8 Å². The number of amides is 3. The number of nitrogens with zero attached hydrogens (tertiary/aromatic N) is 5. The Labute approximate surface area is 263 Å². The molecule has 1 aromatic carbocycles. The monoisotopic (exact) mass is 617 g/mol. The highest BCUT2D eigenvalue weighted by molar-refractivity contribution is 7.97. The normalized spacial score (nSPS) is 31.2. The van der Waals surface area contributed by atoms with Crippen LogP contribution in [0.1, 0.15) is 44.9 Å². The molecule has 3 amide bonds. The number of para-hydroxylation sites is 2. The lowest BCUT2D eigenvalue weighted by molar-refractivity contribution is -0.159. The number of nitrogens with one attached hydrogen (secondary N) is 2. The summed E-state index contributed by atoms with van der Waals surface area (Å²) in [4.78, 5) is 43.3. The third kappa shape index (κ3) is 5.20. The van der Waals surface area contributed by atoms with Crippen LogP contribution in [0.2, 0.25) is 0 Å². The molecule has 2 aliphatic heterocycles. The number of anilines is 4. The SMILES string of the molecule is CONC(=O)C12CC3CC(C1)C(NC(=O)N1CCN(c4ccc(N5CCN(SC6CC6)CC5)cn4)c4ccccc41)C(C3)C2. The van der Waals surface area contributed by atoms with Gasteiger partial charge in [0.25, 0.3) is 0 Å². The van der Waals surface area contributed by atoms with Crippen LogP contribution in [0.25, 0.3) is 0 Å². The van der Waals surface area contributed by atoms with Gasteiger partial charge in [0.05, 0.1) is 35.8 Å². The highest BCUT2D eigenvalue weighted by Crippen LogP contribution is 2.60. The zero-order valence-electron chi connectivity index (χ0n) is 25.5. The topological polar surface area (TPSA) is 93.3 Å². The maximum Gasteiger partial charge on any atom is 0.322 e. The maximum absolute atomic E-state index is 13.9. The lowest BCUT2D eigenvalue weighted by Crippen LogP contribution is -2.63.